The van der Waals surface area contributed by atoms with Crippen LogP contribution in [0.15, 0.2) is 35.7 Å². The van der Waals surface area contributed by atoms with Crippen LogP contribution < -0.4 is 5.32 Å². The van der Waals surface area contributed by atoms with Crippen molar-refractivity contribution in [2.75, 3.05) is 0 Å². The van der Waals surface area contributed by atoms with Gasteiger partial charge in [-0.1, -0.05) is 31.2 Å². The van der Waals surface area contributed by atoms with E-state index < -0.39 is 0 Å². The summed E-state index contributed by atoms with van der Waals surface area (Å²) in [6.07, 6.45) is 1.10. The summed E-state index contributed by atoms with van der Waals surface area (Å²) >= 11 is 1.84. The van der Waals surface area contributed by atoms with Crippen LogP contribution in [-0.4, -0.2) is 0 Å². The van der Waals surface area contributed by atoms with Crippen LogP contribution in [0.5, 0.6) is 0 Å². The smallest absolute Gasteiger partial charge is 0.0393 e. The quantitative estimate of drug-likeness (QED) is 0.805. The van der Waals surface area contributed by atoms with Gasteiger partial charge in [0.25, 0.3) is 0 Å². The van der Waals surface area contributed by atoms with Gasteiger partial charge in [0.2, 0.25) is 0 Å². The fraction of sp³-hybridized carbons (Fsp3) is 0.412. The number of hydrogen-bond donors (Lipinski definition) is 1. The first-order chi connectivity index (χ1) is 9.11. The molecule has 0 aliphatic rings. The Morgan fingerprint density at radius 3 is 2.26 bits per heavy atom. The Balaban J connectivity index is 2.04. The first-order valence-electron chi connectivity index (χ1n) is 7.00. The maximum atomic E-state index is 3.69. The van der Waals surface area contributed by atoms with Crippen molar-refractivity contribution in [3.8, 4) is 0 Å². The minimum atomic E-state index is 0.377. The van der Waals surface area contributed by atoms with Crippen LogP contribution >= 0.6 is 11.3 Å². The maximum absolute atomic E-state index is 3.69. The van der Waals surface area contributed by atoms with Crippen LogP contribution in [-0.2, 0) is 6.42 Å². The molecule has 2 heteroatoms. The van der Waals surface area contributed by atoms with Gasteiger partial charge in [0.15, 0.2) is 0 Å². The molecule has 1 aromatic heterocycles. The highest BCUT2D eigenvalue weighted by molar-refractivity contribution is 7.10. The summed E-state index contributed by atoms with van der Waals surface area (Å²) in [7, 11) is 0. The van der Waals surface area contributed by atoms with Crippen molar-refractivity contribution in [1.82, 2.24) is 5.32 Å². The summed E-state index contributed by atoms with van der Waals surface area (Å²) in [5, 5.41) is 5.86. The Bertz CT molecular complexity index is 512. The summed E-state index contributed by atoms with van der Waals surface area (Å²) in [5.74, 6) is 0. The van der Waals surface area contributed by atoms with Gasteiger partial charge in [-0.15, -0.1) is 11.3 Å². The molecule has 2 atom stereocenters. The molecule has 2 unspecified atom stereocenters. The fourth-order valence-corrected chi connectivity index (χ4v) is 3.36. The van der Waals surface area contributed by atoms with E-state index >= 15 is 0 Å². The molecule has 0 saturated heterocycles. The Kier molecular flexibility index (Phi) is 4.78. The van der Waals surface area contributed by atoms with Crippen molar-refractivity contribution in [3.05, 3.63) is 57.3 Å². The first kappa shape index (κ1) is 14.3. The molecule has 0 saturated carbocycles. The Labute approximate surface area is 120 Å². The largest absolute Gasteiger partial charge is 0.303 e. The van der Waals surface area contributed by atoms with Gasteiger partial charge in [-0.2, -0.15) is 0 Å². The number of benzene rings is 1. The van der Waals surface area contributed by atoms with Crippen LogP contribution in [0.4, 0.5) is 0 Å². The van der Waals surface area contributed by atoms with E-state index in [1.165, 1.54) is 21.6 Å². The molecule has 1 heterocycles. The topological polar surface area (TPSA) is 12.0 Å². The molecule has 1 N–H and O–H groups in total. The lowest BCUT2D eigenvalue weighted by atomic mass is 10.0. The third kappa shape index (κ3) is 3.46. The first-order valence-corrected chi connectivity index (χ1v) is 7.88. The van der Waals surface area contributed by atoms with Crippen molar-refractivity contribution in [3.63, 3.8) is 0 Å². The highest BCUT2D eigenvalue weighted by Crippen LogP contribution is 2.26. The third-order valence-corrected chi connectivity index (χ3v) is 4.88. The molecule has 0 fully saturated rings. The van der Waals surface area contributed by atoms with Crippen molar-refractivity contribution in [2.45, 2.75) is 46.2 Å². The molecule has 1 aromatic carbocycles. The SMILES string of the molecule is CCc1ccc(C(C)NC(C)c2sccc2C)cc1. The summed E-state index contributed by atoms with van der Waals surface area (Å²) in [4.78, 5) is 1.44. The van der Waals surface area contributed by atoms with E-state index in [1.807, 2.05) is 11.3 Å². The normalized spacial score (nSPS) is 14.3. The van der Waals surface area contributed by atoms with Crippen LogP contribution in [0.1, 0.15) is 54.4 Å². The average Bonchev–Trinajstić information content (AvgIpc) is 2.85. The molecule has 0 aliphatic carbocycles. The van der Waals surface area contributed by atoms with Crippen LogP contribution in [0.3, 0.4) is 0 Å². The molecule has 0 spiro atoms. The highest BCUT2D eigenvalue weighted by atomic mass is 32.1. The minimum absolute atomic E-state index is 0.377. The predicted octanol–water partition coefficient (Wildman–Crippen LogP) is 5.03. The zero-order valence-electron chi connectivity index (χ0n) is 12.2. The van der Waals surface area contributed by atoms with E-state index in [1.54, 1.807) is 0 Å². The second-order valence-electron chi connectivity index (χ2n) is 5.17. The molecule has 102 valence electrons. The Morgan fingerprint density at radius 2 is 1.74 bits per heavy atom. The summed E-state index contributed by atoms with van der Waals surface area (Å²) < 4.78 is 0. The standard InChI is InChI=1S/C17H23NS/c1-5-15-6-8-16(9-7-15)13(3)18-14(4)17-12(2)10-11-19-17/h6-11,13-14,18H,5H2,1-4H3. The lowest BCUT2D eigenvalue weighted by Gasteiger charge is -2.20. The monoisotopic (exact) mass is 273 g/mol. The summed E-state index contributed by atoms with van der Waals surface area (Å²) in [6, 6.07) is 11.9. The highest BCUT2D eigenvalue weighted by Gasteiger charge is 2.13. The van der Waals surface area contributed by atoms with Crippen molar-refractivity contribution in [1.29, 1.82) is 0 Å². The molecule has 0 bridgehead atoms. The van der Waals surface area contributed by atoms with E-state index in [-0.39, 0.29) is 0 Å². The molecular formula is C17H23NS. The minimum Gasteiger partial charge on any atom is -0.303 e. The molecule has 2 rings (SSSR count). The van der Waals surface area contributed by atoms with E-state index in [2.05, 4.69) is 68.7 Å². The van der Waals surface area contributed by atoms with E-state index in [4.69, 9.17) is 0 Å². The Morgan fingerprint density at radius 1 is 1.05 bits per heavy atom. The van der Waals surface area contributed by atoms with E-state index in [0.29, 0.717) is 12.1 Å². The second-order valence-corrected chi connectivity index (χ2v) is 6.12. The number of hydrogen-bond acceptors (Lipinski definition) is 2. The third-order valence-electron chi connectivity index (χ3n) is 3.68. The van der Waals surface area contributed by atoms with E-state index in [9.17, 15) is 0 Å². The zero-order valence-corrected chi connectivity index (χ0v) is 13.1. The van der Waals surface area contributed by atoms with Crippen molar-refractivity contribution >= 4 is 11.3 Å². The molecule has 0 radical (unpaired) electrons. The molecule has 0 amide bonds. The molecule has 19 heavy (non-hydrogen) atoms. The van der Waals surface area contributed by atoms with Gasteiger partial charge in [0, 0.05) is 17.0 Å². The molecule has 0 aliphatic heterocycles. The fourth-order valence-electron chi connectivity index (χ4n) is 2.42. The summed E-state index contributed by atoms with van der Waals surface area (Å²) in [5.41, 5.74) is 4.15. The lowest BCUT2D eigenvalue weighted by Crippen LogP contribution is -2.22. The molecular weight excluding hydrogens is 250 g/mol. The lowest BCUT2D eigenvalue weighted by molar-refractivity contribution is 0.499. The van der Waals surface area contributed by atoms with Crippen LogP contribution in [0, 0.1) is 6.92 Å². The Hall–Kier alpha value is -1.12. The number of rotatable bonds is 5. The molecule has 1 nitrogen and oxygen atoms in total. The average molecular weight is 273 g/mol. The van der Waals surface area contributed by atoms with Crippen molar-refractivity contribution < 1.29 is 0 Å². The van der Waals surface area contributed by atoms with Gasteiger partial charge in [-0.25, -0.2) is 0 Å². The van der Waals surface area contributed by atoms with Crippen LogP contribution in [0.2, 0.25) is 0 Å². The second kappa shape index (κ2) is 6.36. The van der Waals surface area contributed by atoms with Gasteiger partial charge >= 0.3 is 0 Å². The number of aryl methyl sites for hydroxylation is 2. The number of nitrogens with one attached hydrogen (secondary N) is 1. The van der Waals surface area contributed by atoms with Gasteiger partial charge in [-0.05, 0) is 55.3 Å². The van der Waals surface area contributed by atoms with Gasteiger partial charge < -0.3 is 5.32 Å². The predicted molar refractivity (Wildman–Crippen MR) is 84.8 cm³/mol. The van der Waals surface area contributed by atoms with Gasteiger partial charge in [0.1, 0.15) is 0 Å². The number of thiophene rings is 1. The maximum Gasteiger partial charge on any atom is 0.0393 e. The van der Waals surface area contributed by atoms with Gasteiger partial charge in [0.05, 0.1) is 0 Å². The van der Waals surface area contributed by atoms with E-state index in [0.717, 1.165) is 6.42 Å². The molecule has 2 aromatic rings. The zero-order chi connectivity index (χ0) is 13.8. The van der Waals surface area contributed by atoms with Crippen LogP contribution in [0.25, 0.3) is 0 Å². The summed E-state index contributed by atoms with van der Waals surface area (Å²) in [6.45, 7) is 8.86. The van der Waals surface area contributed by atoms with Crippen molar-refractivity contribution in [2.24, 2.45) is 0 Å². The van der Waals surface area contributed by atoms with Gasteiger partial charge in [-0.3, -0.25) is 0 Å².